The number of pyridine rings is 1. The molecular formula is C15H12N2O2. The molecule has 4 heteroatoms. The summed E-state index contributed by atoms with van der Waals surface area (Å²) in [6, 6.07) is 13.3. The summed E-state index contributed by atoms with van der Waals surface area (Å²) in [4.78, 5) is 15.7. The summed E-state index contributed by atoms with van der Waals surface area (Å²) in [5.41, 5.74) is 1.50. The highest BCUT2D eigenvalue weighted by Crippen LogP contribution is 2.15. The van der Waals surface area contributed by atoms with Crippen LogP contribution in [0.3, 0.4) is 0 Å². The van der Waals surface area contributed by atoms with E-state index in [2.05, 4.69) is 4.98 Å². The van der Waals surface area contributed by atoms with Crippen LogP contribution in [0, 0.1) is 0 Å². The van der Waals surface area contributed by atoms with Gasteiger partial charge in [0.25, 0.3) is 0 Å². The van der Waals surface area contributed by atoms with E-state index >= 15 is 0 Å². The number of para-hydroxylation sites is 1. The molecule has 0 aliphatic heterocycles. The van der Waals surface area contributed by atoms with E-state index in [0.29, 0.717) is 5.56 Å². The molecule has 2 heterocycles. The molecule has 0 radical (unpaired) electrons. The van der Waals surface area contributed by atoms with Gasteiger partial charge in [-0.15, -0.1) is 0 Å². The molecule has 4 nitrogen and oxygen atoms in total. The molecule has 0 spiro atoms. The van der Waals surface area contributed by atoms with Crippen molar-refractivity contribution in [3.05, 3.63) is 66.6 Å². The minimum atomic E-state index is -0.370. The fourth-order valence-corrected chi connectivity index (χ4v) is 1.95. The third kappa shape index (κ3) is 2.33. The van der Waals surface area contributed by atoms with Gasteiger partial charge in [0.15, 0.2) is 6.73 Å². The zero-order chi connectivity index (χ0) is 13.1. The second-order valence-electron chi connectivity index (χ2n) is 4.15. The van der Waals surface area contributed by atoms with Crippen LogP contribution in [0.5, 0.6) is 0 Å². The summed E-state index contributed by atoms with van der Waals surface area (Å²) >= 11 is 0. The lowest BCUT2D eigenvalue weighted by Crippen LogP contribution is -2.09. The smallest absolute Gasteiger partial charge is 0.341 e. The molecule has 0 saturated carbocycles. The number of ether oxygens (including phenoxy) is 1. The lowest BCUT2D eigenvalue weighted by Gasteiger charge is -2.07. The van der Waals surface area contributed by atoms with Crippen LogP contribution >= 0.6 is 0 Å². The summed E-state index contributed by atoms with van der Waals surface area (Å²) in [5, 5.41) is 1.12. The Hall–Kier alpha value is -2.62. The third-order valence-electron chi connectivity index (χ3n) is 2.91. The standard InChI is InChI=1S/C15H12N2O2/c18-15(13-5-3-8-16-10-13)19-11-17-9-7-12-4-1-2-6-14(12)17/h1-10H,11H2. The summed E-state index contributed by atoms with van der Waals surface area (Å²) in [6.45, 7) is 0.196. The molecule has 3 rings (SSSR count). The average molecular weight is 252 g/mol. The Labute approximate surface area is 110 Å². The highest BCUT2D eigenvalue weighted by Gasteiger charge is 2.07. The number of benzene rings is 1. The zero-order valence-corrected chi connectivity index (χ0v) is 10.2. The second-order valence-corrected chi connectivity index (χ2v) is 4.15. The number of hydrogen-bond donors (Lipinski definition) is 0. The Morgan fingerprint density at radius 3 is 2.89 bits per heavy atom. The predicted octanol–water partition coefficient (Wildman–Crippen LogP) is 2.85. The maximum atomic E-state index is 11.8. The predicted molar refractivity (Wildman–Crippen MR) is 71.6 cm³/mol. The number of hydrogen-bond acceptors (Lipinski definition) is 3. The van der Waals surface area contributed by atoms with Gasteiger partial charge < -0.3 is 9.30 Å². The summed E-state index contributed by atoms with van der Waals surface area (Å²) in [5.74, 6) is -0.370. The monoisotopic (exact) mass is 252 g/mol. The van der Waals surface area contributed by atoms with Crippen LogP contribution in [-0.4, -0.2) is 15.5 Å². The van der Waals surface area contributed by atoms with Crippen LogP contribution in [0.2, 0.25) is 0 Å². The molecule has 0 N–H and O–H groups in total. The average Bonchev–Trinajstić information content (AvgIpc) is 2.89. The largest absolute Gasteiger partial charge is 0.440 e. The molecule has 0 aliphatic rings. The first-order chi connectivity index (χ1) is 9.34. The van der Waals surface area contributed by atoms with E-state index in [9.17, 15) is 4.79 Å². The van der Waals surface area contributed by atoms with Gasteiger partial charge >= 0.3 is 5.97 Å². The maximum absolute atomic E-state index is 11.8. The van der Waals surface area contributed by atoms with Crippen molar-refractivity contribution in [1.82, 2.24) is 9.55 Å². The molecule has 0 fully saturated rings. The molecule has 1 aromatic carbocycles. The van der Waals surface area contributed by atoms with E-state index in [-0.39, 0.29) is 12.7 Å². The quantitative estimate of drug-likeness (QED) is 0.673. The van der Waals surface area contributed by atoms with E-state index in [1.165, 1.54) is 6.20 Å². The molecule has 19 heavy (non-hydrogen) atoms. The van der Waals surface area contributed by atoms with Crippen LogP contribution in [0.15, 0.2) is 61.1 Å². The number of rotatable bonds is 3. The number of esters is 1. The minimum Gasteiger partial charge on any atom is -0.440 e. The van der Waals surface area contributed by atoms with Gasteiger partial charge in [-0.1, -0.05) is 18.2 Å². The molecule has 0 atom stereocenters. The molecule has 0 amide bonds. The zero-order valence-electron chi connectivity index (χ0n) is 10.2. The van der Waals surface area contributed by atoms with E-state index in [1.54, 1.807) is 18.3 Å². The van der Waals surface area contributed by atoms with Gasteiger partial charge in [-0.25, -0.2) is 4.79 Å². The Balaban J connectivity index is 1.75. The fourth-order valence-electron chi connectivity index (χ4n) is 1.95. The van der Waals surface area contributed by atoms with Crippen LogP contribution in [0.4, 0.5) is 0 Å². The van der Waals surface area contributed by atoms with E-state index < -0.39 is 0 Å². The molecule has 0 unspecified atom stereocenters. The van der Waals surface area contributed by atoms with Gasteiger partial charge in [0.2, 0.25) is 0 Å². The molecule has 3 aromatic rings. The number of carbonyl (C=O) groups is 1. The van der Waals surface area contributed by atoms with Crippen LogP contribution < -0.4 is 0 Å². The summed E-state index contributed by atoms with van der Waals surface area (Å²) < 4.78 is 7.16. The van der Waals surface area contributed by atoms with Crippen molar-refractivity contribution in [3.8, 4) is 0 Å². The number of fused-ring (bicyclic) bond motifs is 1. The molecular weight excluding hydrogens is 240 g/mol. The second kappa shape index (κ2) is 4.94. The highest BCUT2D eigenvalue weighted by atomic mass is 16.5. The SMILES string of the molecule is O=C(OCn1ccc2ccccc21)c1cccnc1. The van der Waals surface area contributed by atoms with E-state index in [4.69, 9.17) is 4.74 Å². The first-order valence-corrected chi connectivity index (χ1v) is 5.95. The van der Waals surface area contributed by atoms with Gasteiger partial charge in [-0.05, 0) is 29.7 Å². The fraction of sp³-hybridized carbons (Fsp3) is 0.0667. The molecule has 94 valence electrons. The third-order valence-corrected chi connectivity index (χ3v) is 2.91. The normalized spacial score (nSPS) is 10.5. The van der Waals surface area contributed by atoms with Crippen molar-refractivity contribution in [1.29, 1.82) is 0 Å². The van der Waals surface area contributed by atoms with Crippen molar-refractivity contribution < 1.29 is 9.53 Å². The van der Waals surface area contributed by atoms with Crippen LogP contribution in [0.25, 0.3) is 10.9 Å². The summed E-state index contributed by atoms with van der Waals surface area (Å²) in [6.07, 6.45) is 5.02. The van der Waals surface area contributed by atoms with Gasteiger partial charge in [0.1, 0.15) is 0 Å². The van der Waals surface area contributed by atoms with Crippen molar-refractivity contribution >= 4 is 16.9 Å². The molecule has 0 bridgehead atoms. The first-order valence-electron chi connectivity index (χ1n) is 5.95. The number of carbonyl (C=O) groups excluding carboxylic acids is 1. The van der Waals surface area contributed by atoms with Gasteiger partial charge in [-0.2, -0.15) is 0 Å². The highest BCUT2D eigenvalue weighted by molar-refractivity contribution is 5.88. The Morgan fingerprint density at radius 2 is 2.05 bits per heavy atom. The summed E-state index contributed by atoms with van der Waals surface area (Å²) in [7, 11) is 0. The van der Waals surface area contributed by atoms with Crippen molar-refractivity contribution in [2.24, 2.45) is 0 Å². The molecule has 0 aliphatic carbocycles. The molecule has 2 aromatic heterocycles. The van der Waals surface area contributed by atoms with E-state index in [0.717, 1.165) is 10.9 Å². The Kier molecular flexibility index (Phi) is 2.98. The van der Waals surface area contributed by atoms with E-state index in [1.807, 2.05) is 41.1 Å². The Bertz CT molecular complexity index is 704. The van der Waals surface area contributed by atoms with Gasteiger partial charge in [-0.3, -0.25) is 4.98 Å². The Morgan fingerprint density at radius 1 is 1.16 bits per heavy atom. The first kappa shape index (κ1) is 11.5. The van der Waals surface area contributed by atoms with Gasteiger partial charge in [0, 0.05) is 18.6 Å². The maximum Gasteiger partial charge on any atom is 0.341 e. The van der Waals surface area contributed by atoms with Crippen molar-refractivity contribution in [3.63, 3.8) is 0 Å². The topological polar surface area (TPSA) is 44.1 Å². The lowest BCUT2D eigenvalue weighted by molar-refractivity contribution is 0.0379. The minimum absolute atomic E-state index is 0.196. The molecule has 0 saturated heterocycles. The van der Waals surface area contributed by atoms with Crippen molar-refractivity contribution in [2.75, 3.05) is 0 Å². The van der Waals surface area contributed by atoms with Crippen LogP contribution in [0.1, 0.15) is 10.4 Å². The van der Waals surface area contributed by atoms with Gasteiger partial charge in [0.05, 0.1) is 11.1 Å². The number of nitrogens with zero attached hydrogens (tertiary/aromatic N) is 2. The number of aromatic nitrogens is 2. The lowest BCUT2D eigenvalue weighted by atomic mass is 10.2. The van der Waals surface area contributed by atoms with Crippen molar-refractivity contribution in [2.45, 2.75) is 6.73 Å². The van der Waals surface area contributed by atoms with Crippen LogP contribution in [-0.2, 0) is 11.5 Å².